The summed E-state index contributed by atoms with van der Waals surface area (Å²) in [6.07, 6.45) is 0.669. The number of hydrogen-bond donors (Lipinski definition) is 0. The monoisotopic (exact) mass is 515 g/mol. The van der Waals surface area contributed by atoms with Crippen molar-refractivity contribution in [3.05, 3.63) is 88.7 Å². The molecule has 6 rings (SSSR count). The number of ether oxygens (including phenoxy) is 2. The van der Waals surface area contributed by atoms with Crippen molar-refractivity contribution in [2.45, 2.75) is 18.4 Å². The summed E-state index contributed by atoms with van der Waals surface area (Å²) in [5.41, 5.74) is 3.86. The molecule has 0 aliphatic carbocycles. The standard InChI is InChI=1S/C30H30FN3O4/c1-37-25-17-19-11-12-34-28(22(19)18-26(25)38-2)27(20-7-3-4-8-21(20)29(34)35)30(36)33-15-13-32(14-16-33)24-10-6-5-9-23(24)31/h3-10,17-18,27-28H,11-16H2,1-2H3/t27-,28-/m0/s1. The van der Waals surface area contributed by atoms with E-state index in [2.05, 4.69) is 0 Å². The van der Waals surface area contributed by atoms with Crippen LogP contribution in [-0.2, 0) is 11.2 Å². The summed E-state index contributed by atoms with van der Waals surface area (Å²) in [5, 5.41) is 0. The van der Waals surface area contributed by atoms with Gasteiger partial charge in [0.05, 0.1) is 31.9 Å². The Morgan fingerprint density at radius 3 is 2.29 bits per heavy atom. The zero-order valence-electron chi connectivity index (χ0n) is 21.5. The Labute approximate surface area is 221 Å². The van der Waals surface area contributed by atoms with Gasteiger partial charge in [-0.3, -0.25) is 9.59 Å². The minimum Gasteiger partial charge on any atom is -0.493 e. The van der Waals surface area contributed by atoms with Crippen LogP contribution in [0.5, 0.6) is 11.5 Å². The van der Waals surface area contributed by atoms with Gasteiger partial charge in [0, 0.05) is 38.3 Å². The molecular weight excluding hydrogens is 485 g/mol. The summed E-state index contributed by atoms with van der Waals surface area (Å²) < 4.78 is 25.5. The molecule has 0 unspecified atom stereocenters. The van der Waals surface area contributed by atoms with E-state index in [1.807, 2.05) is 57.2 Å². The highest BCUT2D eigenvalue weighted by atomic mass is 19.1. The Morgan fingerprint density at radius 2 is 1.55 bits per heavy atom. The second-order valence-electron chi connectivity index (χ2n) is 9.93. The highest BCUT2D eigenvalue weighted by molar-refractivity contribution is 6.01. The molecule has 8 heteroatoms. The highest BCUT2D eigenvalue weighted by Gasteiger charge is 2.48. The summed E-state index contributed by atoms with van der Waals surface area (Å²) in [7, 11) is 3.19. The van der Waals surface area contributed by atoms with Crippen molar-refractivity contribution in [2.24, 2.45) is 0 Å². The zero-order valence-corrected chi connectivity index (χ0v) is 21.5. The normalized spacial score (nSPS) is 20.4. The Bertz CT molecular complexity index is 1400. The number of fused-ring (bicyclic) bond motifs is 4. The van der Waals surface area contributed by atoms with Gasteiger partial charge in [-0.1, -0.05) is 30.3 Å². The van der Waals surface area contributed by atoms with Crippen LogP contribution in [0.25, 0.3) is 0 Å². The molecule has 1 fully saturated rings. The summed E-state index contributed by atoms with van der Waals surface area (Å²) in [6.45, 7) is 2.55. The summed E-state index contributed by atoms with van der Waals surface area (Å²) in [4.78, 5) is 33.6. The summed E-state index contributed by atoms with van der Waals surface area (Å²) in [5.74, 6) is 0.320. The van der Waals surface area contributed by atoms with Gasteiger partial charge in [-0.2, -0.15) is 0 Å². The van der Waals surface area contributed by atoms with Crippen molar-refractivity contribution in [1.82, 2.24) is 9.80 Å². The lowest BCUT2D eigenvalue weighted by atomic mass is 9.75. The summed E-state index contributed by atoms with van der Waals surface area (Å²) in [6, 6.07) is 17.6. The SMILES string of the molecule is COc1cc2c(cc1OC)[C@H]1[C@@H](C(=O)N3CCN(c4ccccc4F)CC3)c3ccccc3C(=O)N1CC2. The van der Waals surface area contributed by atoms with Crippen molar-refractivity contribution in [1.29, 1.82) is 0 Å². The van der Waals surface area contributed by atoms with Crippen LogP contribution in [0.4, 0.5) is 10.1 Å². The number of nitrogens with zero attached hydrogens (tertiary/aromatic N) is 3. The number of carbonyl (C=O) groups excluding carboxylic acids is 2. The van der Waals surface area contributed by atoms with E-state index in [1.54, 1.807) is 26.4 Å². The Balaban J connectivity index is 1.37. The third-order valence-corrected chi connectivity index (χ3v) is 8.08. The molecule has 196 valence electrons. The number of rotatable bonds is 4. The molecule has 38 heavy (non-hydrogen) atoms. The fraction of sp³-hybridized carbons (Fsp3) is 0.333. The first-order valence-corrected chi connectivity index (χ1v) is 12.9. The minimum absolute atomic E-state index is 0.0178. The van der Waals surface area contributed by atoms with Gasteiger partial charge < -0.3 is 24.2 Å². The molecule has 3 aromatic carbocycles. The first-order chi connectivity index (χ1) is 18.5. The van der Waals surface area contributed by atoms with Gasteiger partial charge >= 0.3 is 0 Å². The molecule has 0 spiro atoms. The van der Waals surface area contributed by atoms with Gasteiger partial charge in [-0.25, -0.2) is 4.39 Å². The number of benzene rings is 3. The lowest BCUT2D eigenvalue weighted by Gasteiger charge is -2.47. The molecule has 7 nitrogen and oxygen atoms in total. The van der Waals surface area contributed by atoms with Crippen molar-refractivity contribution < 1.29 is 23.5 Å². The topological polar surface area (TPSA) is 62.3 Å². The first kappa shape index (κ1) is 24.3. The van der Waals surface area contributed by atoms with Crippen LogP contribution in [0.2, 0.25) is 0 Å². The van der Waals surface area contributed by atoms with Gasteiger partial charge in [-0.15, -0.1) is 0 Å². The number of hydrogen-bond acceptors (Lipinski definition) is 5. The van der Waals surface area contributed by atoms with Gasteiger partial charge in [0.25, 0.3) is 5.91 Å². The van der Waals surface area contributed by atoms with Crippen molar-refractivity contribution in [3.63, 3.8) is 0 Å². The molecule has 3 aliphatic rings. The maximum atomic E-state index is 14.4. The van der Waals surface area contributed by atoms with Crippen LogP contribution in [0.15, 0.2) is 60.7 Å². The molecule has 0 radical (unpaired) electrons. The van der Waals surface area contributed by atoms with Crippen molar-refractivity contribution in [3.8, 4) is 11.5 Å². The lowest BCUT2D eigenvalue weighted by molar-refractivity contribution is -0.135. The Hall–Kier alpha value is -4.07. The molecule has 0 bridgehead atoms. The predicted octanol–water partition coefficient (Wildman–Crippen LogP) is 4.03. The quantitative estimate of drug-likeness (QED) is 0.525. The van der Waals surface area contributed by atoms with Crippen LogP contribution in [0, 0.1) is 5.82 Å². The molecule has 0 aromatic heterocycles. The molecule has 0 N–H and O–H groups in total. The van der Waals surface area contributed by atoms with Gasteiger partial charge in [0.1, 0.15) is 5.82 Å². The predicted molar refractivity (Wildman–Crippen MR) is 141 cm³/mol. The van der Waals surface area contributed by atoms with Crippen LogP contribution in [0.1, 0.15) is 39.0 Å². The smallest absolute Gasteiger partial charge is 0.254 e. The van der Waals surface area contributed by atoms with E-state index in [0.717, 1.165) is 16.7 Å². The van der Waals surface area contributed by atoms with Crippen LogP contribution in [0.3, 0.4) is 0 Å². The number of halogens is 1. The highest BCUT2D eigenvalue weighted by Crippen LogP contribution is 2.49. The molecule has 3 aromatic rings. The zero-order chi connectivity index (χ0) is 26.4. The molecule has 0 saturated carbocycles. The first-order valence-electron chi connectivity index (χ1n) is 12.9. The fourth-order valence-corrected chi connectivity index (χ4v) is 6.19. The average Bonchev–Trinajstić information content (AvgIpc) is 2.96. The lowest BCUT2D eigenvalue weighted by Crippen LogP contribution is -2.54. The third kappa shape index (κ3) is 3.86. The number of para-hydroxylation sites is 1. The third-order valence-electron chi connectivity index (χ3n) is 8.08. The minimum atomic E-state index is -0.555. The number of carbonyl (C=O) groups is 2. The second-order valence-corrected chi connectivity index (χ2v) is 9.93. The average molecular weight is 516 g/mol. The van der Waals surface area contributed by atoms with E-state index in [-0.39, 0.29) is 17.6 Å². The molecule has 2 atom stereocenters. The van der Waals surface area contributed by atoms with Crippen molar-refractivity contribution in [2.75, 3.05) is 51.8 Å². The molecule has 1 saturated heterocycles. The van der Waals surface area contributed by atoms with Gasteiger partial charge in [-0.05, 0) is 53.4 Å². The van der Waals surface area contributed by atoms with Gasteiger partial charge in [0.2, 0.25) is 5.91 Å². The Morgan fingerprint density at radius 1 is 0.868 bits per heavy atom. The van der Waals surface area contributed by atoms with Crippen LogP contribution in [-0.4, -0.2) is 68.6 Å². The molecule has 3 heterocycles. The van der Waals surface area contributed by atoms with Gasteiger partial charge in [0.15, 0.2) is 11.5 Å². The number of methoxy groups -OCH3 is 2. The number of anilines is 1. The molecular formula is C30H30FN3O4. The van der Waals surface area contributed by atoms with Crippen LogP contribution < -0.4 is 14.4 Å². The van der Waals surface area contributed by atoms with E-state index in [4.69, 9.17) is 9.47 Å². The van der Waals surface area contributed by atoms with E-state index >= 15 is 0 Å². The molecule has 2 amide bonds. The summed E-state index contributed by atoms with van der Waals surface area (Å²) >= 11 is 0. The van der Waals surface area contributed by atoms with E-state index in [9.17, 15) is 14.0 Å². The van der Waals surface area contributed by atoms with Crippen molar-refractivity contribution >= 4 is 17.5 Å². The maximum absolute atomic E-state index is 14.4. The fourth-order valence-electron chi connectivity index (χ4n) is 6.19. The largest absolute Gasteiger partial charge is 0.493 e. The Kier molecular flexibility index (Phi) is 6.18. The van der Waals surface area contributed by atoms with E-state index in [0.29, 0.717) is 61.9 Å². The van der Waals surface area contributed by atoms with E-state index in [1.165, 1.54) is 6.07 Å². The molecule has 3 aliphatic heterocycles. The number of piperazine rings is 1. The number of amides is 2. The van der Waals surface area contributed by atoms with Crippen LogP contribution >= 0.6 is 0 Å². The van der Waals surface area contributed by atoms with E-state index < -0.39 is 12.0 Å². The second kappa shape index (κ2) is 9.67. The maximum Gasteiger partial charge on any atom is 0.254 e.